The van der Waals surface area contributed by atoms with E-state index < -0.39 is 23.5 Å². The summed E-state index contributed by atoms with van der Waals surface area (Å²) in [6, 6.07) is 0. The molecule has 0 aliphatic rings. The Morgan fingerprint density at radius 1 is 1.33 bits per heavy atom. The molecule has 0 aliphatic carbocycles. The van der Waals surface area contributed by atoms with Crippen LogP contribution < -0.4 is 0 Å². The zero-order valence-corrected chi connectivity index (χ0v) is 6.94. The van der Waals surface area contributed by atoms with Gasteiger partial charge in [-0.1, -0.05) is 6.92 Å². The minimum absolute atomic E-state index is 0.0796. The highest BCUT2D eigenvalue weighted by molar-refractivity contribution is 5.94. The molecular weight excluding hydrogens is 164 g/mol. The fourth-order valence-corrected chi connectivity index (χ4v) is 0.842. The first kappa shape index (κ1) is 10.9. The standard InChI is InChI=1S/C7H12O5/c1-3-7(2,12)4(5(8)9)6(10)11/h4,12H,3H2,1-2H3,(H,8,9)(H,10,11). The maximum atomic E-state index is 10.4. The first-order valence-electron chi connectivity index (χ1n) is 3.51. The summed E-state index contributed by atoms with van der Waals surface area (Å²) in [5.41, 5.74) is -1.70. The third-order valence-electron chi connectivity index (χ3n) is 1.83. The SMILES string of the molecule is CCC(C)(O)C(C(=O)O)C(=O)O. The van der Waals surface area contributed by atoms with Crippen LogP contribution in [-0.2, 0) is 9.59 Å². The molecular formula is C7H12O5. The fraction of sp³-hybridized carbons (Fsp3) is 0.714. The molecule has 0 heterocycles. The normalized spacial score (nSPS) is 15.7. The molecule has 5 nitrogen and oxygen atoms in total. The number of carbonyl (C=O) groups is 2. The first-order chi connectivity index (χ1) is 5.33. The maximum Gasteiger partial charge on any atom is 0.320 e. The molecule has 0 aliphatic heterocycles. The van der Waals surface area contributed by atoms with E-state index in [1.54, 1.807) is 0 Å². The molecule has 0 aromatic rings. The van der Waals surface area contributed by atoms with E-state index in [1.807, 2.05) is 0 Å². The molecule has 12 heavy (non-hydrogen) atoms. The van der Waals surface area contributed by atoms with Crippen LogP contribution in [0.1, 0.15) is 20.3 Å². The van der Waals surface area contributed by atoms with Gasteiger partial charge in [-0.15, -0.1) is 0 Å². The van der Waals surface area contributed by atoms with Crippen LogP contribution in [-0.4, -0.2) is 32.9 Å². The van der Waals surface area contributed by atoms with Crippen LogP contribution in [0.25, 0.3) is 0 Å². The third-order valence-corrected chi connectivity index (χ3v) is 1.83. The monoisotopic (exact) mass is 176 g/mol. The van der Waals surface area contributed by atoms with Gasteiger partial charge in [-0.3, -0.25) is 9.59 Å². The quantitative estimate of drug-likeness (QED) is 0.521. The van der Waals surface area contributed by atoms with Crippen molar-refractivity contribution in [3.63, 3.8) is 0 Å². The van der Waals surface area contributed by atoms with Gasteiger partial charge in [-0.05, 0) is 13.3 Å². The van der Waals surface area contributed by atoms with Crippen LogP contribution in [0.4, 0.5) is 0 Å². The number of aliphatic hydroxyl groups is 1. The summed E-state index contributed by atoms with van der Waals surface area (Å²) in [6.45, 7) is 2.72. The van der Waals surface area contributed by atoms with Gasteiger partial charge in [0.15, 0.2) is 5.92 Å². The third kappa shape index (κ3) is 2.20. The highest BCUT2D eigenvalue weighted by Crippen LogP contribution is 2.21. The molecule has 1 unspecified atom stereocenters. The van der Waals surface area contributed by atoms with Crippen LogP contribution in [0.5, 0.6) is 0 Å². The van der Waals surface area contributed by atoms with Gasteiger partial charge >= 0.3 is 11.9 Å². The Balaban J connectivity index is 4.74. The molecule has 0 amide bonds. The lowest BCUT2D eigenvalue weighted by molar-refractivity contribution is -0.166. The summed E-state index contributed by atoms with van der Waals surface area (Å²) in [6.07, 6.45) is 0.0796. The van der Waals surface area contributed by atoms with Crippen LogP contribution >= 0.6 is 0 Å². The topological polar surface area (TPSA) is 94.8 Å². The zero-order chi connectivity index (χ0) is 9.94. The second kappa shape index (κ2) is 3.53. The largest absolute Gasteiger partial charge is 0.481 e. The molecule has 0 aromatic heterocycles. The van der Waals surface area contributed by atoms with E-state index in [9.17, 15) is 14.7 Å². The molecule has 0 radical (unpaired) electrons. The Bertz CT molecular complexity index is 182. The second-order valence-electron chi connectivity index (χ2n) is 2.82. The molecule has 70 valence electrons. The summed E-state index contributed by atoms with van der Waals surface area (Å²) in [7, 11) is 0. The predicted molar refractivity (Wildman–Crippen MR) is 39.7 cm³/mol. The molecule has 0 aromatic carbocycles. The van der Waals surface area contributed by atoms with Gasteiger partial charge in [0.1, 0.15) is 0 Å². The van der Waals surface area contributed by atoms with E-state index in [1.165, 1.54) is 13.8 Å². The van der Waals surface area contributed by atoms with Gasteiger partial charge in [0.2, 0.25) is 0 Å². The summed E-state index contributed by atoms with van der Waals surface area (Å²) in [5.74, 6) is -4.80. The number of aliphatic carboxylic acids is 2. The van der Waals surface area contributed by atoms with Crippen LogP contribution in [0.15, 0.2) is 0 Å². The van der Waals surface area contributed by atoms with Crippen LogP contribution in [0.3, 0.4) is 0 Å². The Hall–Kier alpha value is -1.10. The lowest BCUT2D eigenvalue weighted by Crippen LogP contribution is -2.44. The van der Waals surface area contributed by atoms with Crippen LogP contribution in [0.2, 0.25) is 0 Å². The summed E-state index contributed by atoms with van der Waals surface area (Å²) >= 11 is 0. The Labute approximate surface area is 69.6 Å². The highest BCUT2D eigenvalue weighted by atomic mass is 16.4. The van der Waals surface area contributed by atoms with Gasteiger partial charge in [0, 0.05) is 0 Å². The number of rotatable bonds is 4. The lowest BCUT2D eigenvalue weighted by atomic mass is 9.87. The molecule has 5 heteroatoms. The summed E-state index contributed by atoms with van der Waals surface area (Å²) < 4.78 is 0. The summed E-state index contributed by atoms with van der Waals surface area (Å²) in [5, 5.41) is 26.3. The van der Waals surface area contributed by atoms with E-state index in [0.29, 0.717) is 0 Å². The molecule has 0 bridgehead atoms. The van der Waals surface area contributed by atoms with E-state index >= 15 is 0 Å². The van der Waals surface area contributed by atoms with Crippen molar-refractivity contribution < 1.29 is 24.9 Å². The number of carboxylic acids is 2. The van der Waals surface area contributed by atoms with Crippen molar-refractivity contribution in [2.24, 2.45) is 5.92 Å². The number of hydrogen-bond donors (Lipinski definition) is 3. The molecule has 0 spiro atoms. The van der Waals surface area contributed by atoms with Gasteiger partial charge in [-0.2, -0.15) is 0 Å². The van der Waals surface area contributed by atoms with Gasteiger partial charge in [0.05, 0.1) is 5.60 Å². The Kier molecular flexibility index (Phi) is 3.21. The maximum absolute atomic E-state index is 10.4. The fourth-order valence-electron chi connectivity index (χ4n) is 0.842. The molecule has 3 N–H and O–H groups in total. The molecule has 0 saturated heterocycles. The van der Waals surface area contributed by atoms with Crippen molar-refractivity contribution >= 4 is 11.9 Å². The van der Waals surface area contributed by atoms with Gasteiger partial charge in [-0.25, -0.2) is 0 Å². The van der Waals surface area contributed by atoms with Crippen molar-refractivity contribution in [3.8, 4) is 0 Å². The number of carboxylic acid groups (broad SMARTS) is 2. The van der Waals surface area contributed by atoms with Gasteiger partial charge in [0.25, 0.3) is 0 Å². The lowest BCUT2D eigenvalue weighted by Gasteiger charge is -2.25. The van der Waals surface area contributed by atoms with Gasteiger partial charge < -0.3 is 15.3 Å². The first-order valence-corrected chi connectivity index (χ1v) is 3.51. The van der Waals surface area contributed by atoms with E-state index in [4.69, 9.17) is 10.2 Å². The minimum Gasteiger partial charge on any atom is -0.481 e. The molecule has 0 saturated carbocycles. The van der Waals surface area contributed by atoms with Crippen LogP contribution in [0, 0.1) is 5.92 Å². The predicted octanol–water partition coefficient (Wildman–Crippen LogP) is -0.0672. The number of hydrogen-bond acceptors (Lipinski definition) is 3. The molecule has 0 rings (SSSR count). The zero-order valence-electron chi connectivity index (χ0n) is 6.94. The van der Waals surface area contributed by atoms with Crippen molar-refractivity contribution in [3.05, 3.63) is 0 Å². The smallest absolute Gasteiger partial charge is 0.320 e. The van der Waals surface area contributed by atoms with E-state index in [-0.39, 0.29) is 6.42 Å². The van der Waals surface area contributed by atoms with Crippen molar-refractivity contribution in [2.45, 2.75) is 25.9 Å². The molecule has 1 atom stereocenters. The van der Waals surface area contributed by atoms with Crippen molar-refractivity contribution in [1.82, 2.24) is 0 Å². The van der Waals surface area contributed by atoms with Crippen molar-refractivity contribution in [1.29, 1.82) is 0 Å². The Morgan fingerprint density at radius 2 is 1.67 bits per heavy atom. The van der Waals surface area contributed by atoms with E-state index in [0.717, 1.165) is 0 Å². The second-order valence-corrected chi connectivity index (χ2v) is 2.82. The Morgan fingerprint density at radius 3 is 1.75 bits per heavy atom. The van der Waals surface area contributed by atoms with E-state index in [2.05, 4.69) is 0 Å². The minimum atomic E-state index is -1.76. The average molecular weight is 176 g/mol. The summed E-state index contributed by atoms with van der Waals surface area (Å²) in [4.78, 5) is 20.8. The highest BCUT2D eigenvalue weighted by Gasteiger charge is 2.41. The molecule has 0 fully saturated rings. The van der Waals surface area contributed by atoms with Crippen molar-refractivity contribution in [2.75, 3.05) is 0 Å². The average Bonchev–Trinajstić information content (AvgIpc) is 1.84.